The van der Waals surface area contributed by atoms with Gasteiger partial charge in [0.05, 0.1) is 15.7 Å². The fraction of sp³-hybridized carbons (Fsp3) is 0.250. The molecule has 0 unspecified atom stereocenters. The van der Waals surface area contributed by atoms with Gasteiger partial charge in [-0.15, -0.1) is 0 Å². The molecule has 0 radical (unpaired) electrons. The third kappa shape index (κ3) is 3.90. The topological polar surface area (TPSA) is 46.5 Å². The van der Waals surface area contributed by atoms with Gasteiger partial charge in [-0.25, -0.2) is 4.79 Å². The van der Waals surface area contributed by atoms with E-state index in [2.05, 4.69) is 19.5 Å². The van der Waals surface area contributed by atoms with E-state index in [0.29, 0.717) is 12.0 Å². The average molecular weight is 236 g/mol. The van der Waals surface area contributed by atoms with Crippen LogP contribution in [0.3, 0.4) is 0 Å². The van der Waals surface area contributed by atoms with Crippen LogP contribution in [0.15, 0.2) is 35.5 Å². The van der Waals surface area contributed by atoms with E-state index < -0.39 is 15.5 Å². The Morgan fingerprint density at radius 2 is 2.12 bits per heavy atom. The lowest BCUT2D eigenvalue weighted by Gasteiger charge is -2.07. The SMILES string of the molecule is CC(C)=C[SiH2]COc1ccccc1C(=O)O. The summed E-state index contributed by atoms with van der Waals surface area (Å²) in [6, 6.07) is 6.73. The van der Waals surface area contributed by atoms with Crippen molar-refractivity contribution < 1.29 is 14.6 Å². The molecule has 0 saturated heterocycles. The fourth-order valence-corrected chi connectivity index (χ4v) is 2.32. The molecule has 16 heavy (non-hydrogen) atoms. The zero-order chi connectivity index (χ0) is 12.0. The van der Waals surface area contributed by atoms with Crippen LogP contribution in [0.5, 0.6) is 5.75 Å². The number of carbonyl (C=O) groups is 1. The van der Waals surface area contributed by atoms with Crippen LogP contribution in [-0.2, 0) is 0 Å². The van der Waals surface area contributed by atoms with Crippen molar-refractivity contribution in [2.45, 2.75) is 13.8 Å². The van der Waals surface area contributed by atoms with E-state index in [-0.39, 0.29) is 5.56 Å². The number of allylic oxidation sites excluding steroid dienone is 1. The van der Waals surface area contributed by atoms with Crippen LogP contribution in [0.25, 0.3) is 0 Å². The molecule has 1 rings (SSSR count). The van der Waals surface area contributed by atoms with Crippen molar-refractivity contribution in [2.24, 2.45) is 0 Å². The van der Waals surface area contributed by atoms with Gasteiger partial charge >= 0.3 is 5.97 Å². The van der Waals surface area contributed by atoms with E-state index in [4.69, 9.17) is 9.84 Å². The number of ether oxygens (including phenoxy) is 1. The Kier molecular flexibility index (Phi) is 4.79. The van der Waals surface area contributed by atoms with Crippen LogP contribution in [0.2, 0.25) is 0 Å². The lowest BCUT2D eigenvalue weighted by Crippen LogP contribution is -2.08. The molecule has 1 N–H and O–H groups in total. The molecule has 0 aliphatic carbocycles. The van der Waals surface area contributed by atoms with E-state index in [1.54, 1.807) is 24.3 Å². The molecule has 0 spiro atoms. The maximum atomic E-state index is 10.9. The molecule has 0 aromatic heterocycles. The number of hydrogen-bond acceptors (Lipinski definition) is 2. The molecule has 0 fully saturated rings. The van der Waals surface area contributed by atoms with Gasteiger partial charge in [0.1, 0.15) is 11.3 Å². The summed E-state index contributed by atoms with van der Waals surface area (Å²) in [6.07, 6.45) is 0.634. The number of carboxylic acids is 1. The normalized spacial score (nSPS) is 10.4. The summed E-state index contributed by atoms with van der Waals surface area (Å²) >= 11 is 0. The van der Waals surface area contributed by atoms with Gasteiger partial charge in [0.25, 0.3) is 0 Å². The molecular formula is C12H16O3Si. The van der Waals surface area contributed by atoms with Crippen molar-refractivity contribution >= 4 is 15.5 Å². The van der Waals surface area contributed by atoms with Crippen molar-refractivity contribution in [3.05, 3.63) is 41.1 Å². The van der Waals surface area contributed by atoms with E-state index in [1.165, 1.54) is 5.57 Å². The maximum absolute atomic E-state index is 10.9. The number of rotatable bonds is 5. The molecule has 0 saturated carbocycles. The highest BCUT2D eigenvalue weighted by Gasteiger charge is 2.09. The average Bonchev–Trinajstić information content (AvgIpc) is 2.24. The highest BCUT2D eigenvalue weighted by atomic mass is 28.2. The Bertz CT molecular complexity index is 395. The van der Waals surface area contributed by atoms with Gasteiger partial charge in [-0.2, -0.15) is 0 Å². The van der Waals surface area contributed by atoms with Crippen molar-refractivity contribution in [3.63, 3.8) is 0 Å². The molecule has 0 heterocycles. The van der Waals surface area contributed by atoms with Crippen LogP contribution in [0, 0.1) is 0 Å². The Labute approximate surface area is 97.6 Å². The first-order valence-corrected chi connectivity index (χ1v) is 7.01. The zero-order valence-electron chi connectivity index (χ0n) is 9.56. The van der Waals surface area contributed by atoms with Crippen LogP contribution in [-0.4, -0.2) is 26.8 Å². The molecule has 0 aliphatic heterocycles. The molecule has 4 heteroatoms. The smallest absolute Gasteiger partial charge is 0.339 e. The van der Waals surface area contributed by atoms with Gasteiger partial charge < -0.3 is 9.84 Å². The first kappa shape index (κ1) is 12.5. The van der Waals surface area contributed by atoms with E-state index in [0.717, 1.165) is 0 Å². The van der Waals surface area contributed by atoms with E-state index >= 15 is 0 Å². The summed E-state index contributed by atoms with van der Waals surface area (Å²) in [5, 5.41) is 8.93. The quantitative estimate of drug-likeness (QED) is 0.626. The second-order valence-electron chi connectivity index (χ2n) is 3.72. The molecule has 1 aromatic carbocycles. The van der Waals surface area contributed by atoms with Gasteiger partial charge in [-0.1, -0.05) is 23.4 Å². The Morgan fingerprint density at radius 3 is 2.75 bits per heavy atom. The predicted molar refractivity (Wildman–Crippen MR) is 66.9 cm³/mol. The van der Waals surface area contributed by atoms with Crippen molar-refractivity contribution in [3.8, 4) is 5.75 Å². The summed E-state index contributed by atoms with van der Waals surface area (Å²) in [4.78, 5) is 10.9. The highest BCUT2D eigenvalue weighted by molar-refractivity contribution is 6.42. The van der Waals surface area contributed by atoms with Gasteiger partial charge in [0, 0.05) is 0 Å². The summed E-state index contributed by atoms with van der Waals surface area (Å²) in [5.41, 5.74) is 3.72. The third-order valence-corrected chi connectivity index (χ3v) is 3.59. The standard InChI is InChI=1S/C12H16O3Si/c1-9(2)7-16-8-15-11-6-4-3-5-10(11)12(13)14/h3-7H,8,16H2,1-2H3,(H,13,14). The molecule has 3 nitrogen and oxygen atoms in total. The molecule has 0 atom stereocenters. The van der Waals surface area contributed by atoms with Crippen LogP contribution in [0.1, 0.15) is 24.2 Å². The third-order valence-electron chi connectivity index (χ3n) is 2.05. The minimum Gasteiger partial charge on any atom is -0.497 e. The van der Waals surface area contributed by atoms with Crippen LogP contribution < -0.4 is 4.74 Å². The van der Waals surface area contributed by atoms with Crippen molar-refractivity contribution in [2.75, 3.05) is 6.23 Å². The maximum Gasteiger partial charge on any atom is 0.339 e. The minimum atomic E-state index is -0.945. The molecule has 1 aromatic rings. The van der Waals surface area contributed by atoms with Crippen LogP contribution >= 0.6 is 0 Å². The fourth-order valence-electron chi connectivity index (χ4n) is 1.29. The summed E-state index contributed by atoms with van der Waals surface area (Å²) in [5.74, 6) is -0.482. The van der Waals surface area contributed by atoms with Gasteiger partial charge in [0.2, 0.25) is 0 Å². The van der Waals surface area contributed by atoms with Gasteiger partial charge in [-0.3, -0.25) is 0 Å². The second kappa shape index (κ2) is 6.12. The lowest BCUT2D eigenvalue weighted by atomic mass is 10.2. The van der Waals surface area contributed by atoms with Crippen molar-refractivity contribution in [1.82, 2.24) is 0 Å². The summed E-state index contributed by atoms with van der Waals surface area (Å²) < 4.78 is 5.49. The largest absolute Gasteiger partial charge is 0.497 e. The molecule has 86 valence electrons. The Hall–Kier alpha value is -1.55. The number of benzene rings is 1. The first-order chi connectivity index (χ1) is 7.61. The number of para-hydroxylation sites is 1. The molecule has 0 bridgehead atoms. The van der Waals surface area contributed by atoms with Crippen LogP contribution in [0.4, 0.5) is 0 Å². The number of aromatic carboxylic acids is 1. The monoisotopic (exact) mass is 236 g/mol. The number of hydrogen-bond donors (Lipinski definition) is 1. The Balaban J connectivity index is 2.60. The number of carboxylic acid groups (broad SMARTS) is 1. The predicted octanol–water partition coefficient (Wildman–Crippen LogP) is 1.81. The van der Waals surface area contributed by atoms with E-state index in [9.17, 15) is 4.79 Å². The summed E-state index contributed by atoms with van der Waals surface area (Å²) in [7, 11) is -0.398. The van der Waals surface area contributed by atoms with E-state index in [1.807, 2.05) is 0 Å². The molecule has 0 aliphatic rings. The molecule has 0 amide bonds. The highest BCUT2D eigenvalue weighted by Crippen LogP contribution is 2.17. The second-order valence-corrected chi connectivity index (χ2v) is 5.11. The lowest BCUT2D eigenvalue weighted by molar-refractivity contribution is 0.0693. The van der Waals surface area contributed by atoms with Crippen molar-refractivity contribution in [1.29, 1.82) is 0 Å². The molecular weight excluding hydrogens is 220 g/mol. The van der Waals surface area contributed by atoms with Gasteiger partial charge in [-0.05, 0) is 26.0 Å². The van der Waals surface area contributed by atoms with Gasteiger partial charge in [0.15, 0.2) is 0 Å². The zero-order valence-corrected chi connectivity index (χ0v) is 11.0. The summed E-state index contributed by atoms with van der Waals surface area (Å²) in [6.45, 7) is 4.11. The first-order valence-electron chi connectivity index (χ1n) is 5.19. The minimum absolute atomic E-state index is 0.230. The Morgan fingerprint density at radius 1 is 1.44 bits per heavy atom.